The quantitative estimate of drug-likeness (QED) is 0.382. The number of aromatic amines is 1. The van der Waals surface area contributed by atoms with Gasteiger partial charge in [0, 0.05) is 70.8 Å². The zero-order chi connectivity index (χ0) is 24.9. The van der Waals surface area contributed by atoms with Crippen LogP contribution in [0.25, 0.3) is 22.5 Å². The molecule has 1 fully saturated rings. The predicted molar refractivity (Wildman–Crippen MR) is 139 cm³/mol. The second-order valence-corrected chi connectivity index (χ2v) is 9.09. The number of carbonyl (C=O) groups excluding carboxylic acids is 1. The summed E-state index contributed by atoms with van der Waals surface area (Å²) >= 11 is 0. The molecule has 3 aromatic rings. The van der Waals surface area contributed by atoms with Crippen molar-refractivity contribution in [2.45, 2.75) is 0 Å². The van der Waals surface area contributed by atoms with E-state index in [-0.39, 0.29) is 11.6 Å². The van der Waals surface area contributed by atoms with Crippen LogP contribution in [0, 0.1) is 10.1 Å². The summed E-state index contributed by atoms with van der Waals surface area (Å²) in [5, 5.41) is 14.7. The molecule has 0 bridgehead atoms. The molecular formula is C26H32N6O3. The molecule has 2 heterocycles. The van der Waals surface area contributed by atoms with Crippen LogP contribution in [0.15, 0.2) is 54.6 Å². The first-order valence-electron chi connectivity index (χ1n) is 11.8. The average molecular weight is 477 g/mol. The molecule has 0 saturated carbocycles. The van der Waals surface area contributed by atoms with Crippen molar-refractivity contribution in [2.24, 2.45) is 0 Å². The third-order valence-electron chi connectivity index (χ3n) is 6.44. The maximum Gasteiger partial charge on any atom is 0.278 e. The maximum absolute atomic E-state index is 13.3. The zero-order valence-electron chi connectivity index (χ0n) is 20.5. The molecule has 0 aliphatic carbocycles. The molecule has 1 aliphatic heterocycles. The van der Waals surface area contributed by atoms with Gasteiger partial charge in [-0.25, -0.2) is 0 Å². The molecule has 1 aromatic heterocycles. The Morgan fingerprint density at radius 1 is 1.09 bits per heavy atom. The lowest BCUT2D eigenvalue weighted by atomic mass is 10.1. The topological polar surface area (TPSA) is 97.8 Å². The Balaban J connectivity index is 1.61. The van der Waals surface area contributed by atoms with Crippen LogP contribution in [0.4, 0.5) is 11.4 Å². The highest BCUT2D eigenvalue weighted by atomic mass is 16.6. The molecule has 2 aromatic carbocycles. The second kappa shape index (κ2) is 10.7. The Morgan fingerprint density at radius 2 is 1.77 bits per heavy atom. The summed E-state index contributed by atoms with van der Waals surface area (Å²) in [6.45, 7) is 5.27. The van der Waals surface area contributed by atoms with Gasteiger partial charge in [-0.2, -0.15) is 0 Å². The molecule has 2 N–H and O–H groups in total. The van der Waals surface area contributed by atoms with Gasteiger partial charge in [0.05, 0.1) is 21.7 Å². The van der Waals surface area contributed by atoms with Crippen molar-refractivity contribution >= 4 is 17.3 Å². The lowest BCUT2D eigenvalue weighted by molar-refractivity contribution is -0.384. The van der Waals surface area contributed by atoms with Crippen LogP contribution in [-0.4, -0.2) is 86.0 Å². The number of hydrogen-bond donors (Lipinski definition) is 2. The number of hydrogen-bond acceptors (Lipinski definition) is 6. The van der Waals surface area contributed by atoms with Crippen LogP contribution in [-0.2, 0) is 0 Å². The lowest BCUT2D eigenvalue weighted by Crippen LogP contribution is -2.46. The second-order valence-electron chi connectivity index (χ2n) is 9.09. The summed E-state index contributed by atoms with van der Waals surface area (Å²) < 4.78 is 0. The molecule has 0 unspecified atom stereocenters. The van der Waals surface area contributed by atoms with E-state index in [4.69, 9.17) is 0 Å². The number of nitro groups is 1. The molecule has 9 nitrogen and oxygen atoms in total. The first-order valence-corrected chi connectivity index (χ1v) is 11.8. The molecule has 4 rings (SSSR count). The number of nitro benzene ring substituents is 1. The smallest absolute Gasteiger partial charge is 0.278 e. The van der Waals surface area contributed by atoms with Crippen molar-refractivity contribution in [2.75, 3.05) is 65.3 Å². The fourth-order valence-corrected chi connectivity index (χ4v) is 4.28. The number of likely N-dealkylation sites (N-methyl/N-ethyl adjacent to an activating group) is 1. The van der Waals surface area contributed by atoms with E-state index >= 15 is 0 Å². The highest BCUT2D eigenvalue weighted by molar-refractivity contribution is 6.02. The van der Waals surface area contributed by atoms with Gasteiger partial charge >= 0.3 is 0 Å². The van der Waals surface area contributed by atoms with E-state index in [1.165, 1.54) is 6.07 Å². The van der Waals surface area contributed by atoms with Crippen molar-refractivity contribution in [1.29, 1.82) is 0 Å². The monoisotopic (exact) mass is 476 g/mol. The zero-order valence-corrected chi connectivity index (χ0v) is 20.5. The van der Waals surface area contributed by atoms with Gasteiger partial charge in [-0.3, -0.25) is 19.8 Å². The number of piperazine rings is 1. The number of para-hydroxylation sites is 1. The van der Waals surface area contributed by atoms with E-state index in [1.807, 2.05) is 43.3 Å². The number of nitrogens with zero attached hydrogens (tertiary/aromatic N) is 4. The Labute approximate surface area is 205 Å². The normalized spacial score (nSPS) is 14.6. The highest BCUT2D eigenvalue weighted by Crippen LogP contribution is 2.34. The Bertz CT molecular complexity index is 1180. The molecule has 184 valence electrons. The van der Waals surface area contributed by atoms with Crippen LogP contribution >= 0.6 is 0 Å². The van der Waals surface area contributed by atoms with Crippen LogP contribution in [0.3, 0.4) is 0 Å². The van der Waals surface area contributed by atoms with Gasteiger partial charge in [-0.05, 0) is 36.9 Å². The summed E-state index contributed by atoms with van der Waals surface area (Å²) in [7, 11) is 6.06. The van der Waals surface area contributed by atoms with Crippen molar-refractivity contribution in [1.82, 2.24) is 20.1 Å². The standard InChI is InChI=1S/C26H32N6O3/c1-29(2)20-10-8-19(9-11-20)23-18-22(25(28-23)21-6-4-5-7-24(21)32(34)35)26(33)27-12-13-31-16-14-30(3)15-17-31/h4-11,18,28H,12-17H2,1-3H3,(H,27,33). The molecule has 1 amide bonds. The number of amides is 1. The minimum absolute atomic E-state index is 0.0460. The number of H-pyrrole nitrogens is 1. The number of rotatable bonds is 8. The highest BCUT2D eigenvalue weighted by Gasteiger charge is 2.24. The van der Waals surface area contributed by atoms with Crippen LogP contribution < -0.4 is 10.2 Å². The molecule has 35 heavy (non-hydrogen) atoms. The number of anilines is 1. The molecule has 0 atom stereocenters. The Morgan fingerprint density at radius 3 is 2.43 bits per heavy atom. The third kappa shape index (κ3) is 5.70. The fraction of sp³-hybridized carbons (Fsp3) is 0.346. The molecule has 1 saturated heterocycles. The van der Waals surface area contributed by atoms with Gasteiger partial charge in [0.2, 0.25) is 0 Å². The van der Waals surface area contributed by atoms with Gasteiger partial charge < -0.3 is 20.1 Å². The molecule has 9 heteroatoms. The van der Waals surface area contributed by atoms with Crippen LogP contribution in [0.5, 0.6) is 0 Å². The van der Waals surface area contributed by atoms with Gasteiger partial charge in [0.15, 0.2) is 0 Å². The van der Waals surface area contributed by atoms with E-state index in [0.29, 0.717) is 23.4 Å². The average Bonchev–Trinajstić information content (AvgIpc) is 3.31. The van der Waals surface area contributed by atoms with Crippen LogP contribution in [0.2, 0.25) is 0 Å². The maximum atomic E-state index is 13.3. The molecule has 0 spiro atoms. The third-order valence-corrected chi connectivity index (χ3v) is 6.44. The molecule has 0 radical (unpaired) electrons. The largest absolute Gasteiger partial charge is 0.378 e. The van der Waals surface area contributed by atoms with Crippen molar-refractivity contribution < 1.29 is 9.72 Å². The summed E-state index contributed by atoms with van der Waals surface area (Å²) in [6, 6.07) is 16.2. The minimum atomic E-state index is -0.420. The minimum Gasteiger partial charge on any atom is -0.378 e. The van der Waals surface area contributed by atoms with Crippen molar-refractivity contribution in [3.8, 4) is 22.5 Å². The first-order chi connectivity index (χ1) is 16.8. The van der Waals surface area contributed by atoms with E-state index in [0.717, 1.165) is 49.7 Å². The van der Waals surface area contributed by atoms with Gasteiger partial charge in [0.1, 0.15) is 0 Å². The Kier molecular flexibility index (Phi) is 7.48. The summed E-state index contributed by atoms with van der Waals surface area (Å²) in [4.78, 5) is 34.5. The number of nitrogens with one attached hydrogen (secondary N) is 2. The predicted octanol–water partition coefficient (Wildman–Crippen LogP) is 3.30. The van der Waals surface area contributed by atoms with Gasteiger partial charge in [-0.15, -0.1) is 0 Å². The summed E-state index contributed by atoms with van der Waals surface area (Å²) in [6.07, 6.45) is 0. The van der Waals surface area contributed by atoms with E-state index in [9.17, 15) is 14.9 Å². The van der Waals surface area contributed by atoms with Gasteiger partial charge in [0.25, 0.3) is 11.6 Å². The summed E-state index contributed by atoms with van der Waals surface area (Å²) in [5.41, 5.74) is 3.86. The van der Waals surface area contributed by atoms with E-state index < -0.39 is 4.92 Å². The van der Waals surface area contributed by atoms with Gasteiger partial charge in [-0.1, -0.05) is 24.3 Å². The first kappa shape index (κ1) is 24.4. The van der Waals surface area contributed by atoms with Crippen molar-refractivity contribution in [3.63, 3.8) is 0 Å². The lowest BCUT2D eigenvalue weighted by Gasteiger charge is -2.32. The fourth-order valence-electron chi connectivity index (χ4n) is 4.28. The number of aromatic nitrogens is 1. The molecule has 1 aliphatic rings. The summed E-state index contributed by atoms with van der Waals surface area (Å²) in [5.74, 6) is -0.250. The van der Waals surface area contributed by atoms with E-state index in [1.54, 1.807) is 24.3 Å². The SMILES string of the molecule is CN1CCN(CCNC(=O)c2cc(-c3ccc(N(C)C)cc3)[nH]c2-c2ccccc2[N+](=O)[O-])CC1. The Hall–Kier alpha value is -3.69. The number of carbonyl (C=O) groups is 1. The van der Waals surface area contributed by atoms with Crippen LogP contribution in [0.1, 0.15) is 10.4 Å². The van der Waals surface area contributed by atoms with E-state index in [2.05, 4.69) is 27.1 Å². The molecular weight excluding hydrogens is 444 g/mol. The van der Waals surface area contributed by atoms with Crippen molar-refractivity contribution in [3.05, 3.63) is 70.3 Å². The number of benzene rings is 2.